The number of carbonyl (C=O) groups excluding carboxylic acids is 1. The third kappa shape index (κ3) is 6.56. The van der Waals surface area contributed by atoms with Gasteiger partial charge in [-0.25, -0.2) is 18.3 Å². The van der Waals surface area contributed by atoms with E-state index in [-0.39, 0.29) is 4.90 Å². The van der Waals surface area contributed by atoms with Crippen molar-refractivity contribution >= 4 is 27.7 Å². The zero-order valence-corrected chi connectivity index (χ0v) is 20.2. The van der Waals surface area contributed by atoms with Crippen molar-refractivity contribution in [1.82, 2.24) is 15.4 Å². The topological polar surface area (TPSA) is 131 Å². The fourth-order valence-corrected chi connectivity index (χ4v) is 5.36. The van der Waals surface area contributed by atoms with Crippen molar-refractivity contribution < 1.29 is 32.1 Å². The molecule has 0 bridgehead atoms. The van der Waals surface area contributed by atoms with Crippen LogP contribution in [0.1, 0.15) is 25.3 Å². The average Bonchev–Trinajstić information content (AvgIpc) is 3.23. The molecule has 0 aliphatic carbocycles. The minimum atomic E-state index is -4.15. The van der Waals surface area contributed by atoms with E-state index >= 15 is 0 Å². The third-order valence-electron chi connectivity index (χ3n) is 4.79. The van der Waals surface area contributed by atoms with Crippen molar-refractivity contribution in [3.63, 3.8) is 0 Å². The smallest absolute Gasteiger partial charge is 0.262 e. The minimum absolute atomic E-state index is 0.109. The number of hydrogen-bond donors (Lipinski definition) is 3. The first-order valence-corrected chi connectivity index (χ1v) is 12.5. The van der Waals surface area contributed by atoms with Crippen LogP contribution in [0.4, 0.5) is 4.39 Å². The molecule has 1 amide bonds. The lowest BCUT2D eigenvalue weighted by atomic mass is 10.0. The lowest BCUT2D eigenvalue weighted by molar-refractivity contribution is -0.131. The maximum Gasteiger partial charge on any atom is 0.262 e. The Morgan fingerprint density at radius 3 is 2.29 bits per heavy atom. The van der Waals surface area contributed by atoms with Crippen LogP contribution in [-0.4, -0.2) is 35.5 Å². The lowest BCUT2D eigenvalue weighted by Gasteiger charge is -2.32. The van der Waals surface area contributed by atoms with Crippen LogP contribution in [0.15, 0.2) is 64.0 Å². The lowest BCUT2D eigenvalue weighted by Crippen LogP contribution is -2.55. The van der Waals surface area contributed by atoms with Gasteiger partial charge in [-0.2, -0.15) is 4.72 Å². The molecule has 0 aliphatic heterocycles. The molecular weight excluding hydrogens is 485 g/mol. The van der Waals surface area contributed by atoms with Crippen LogP contribution in [0.3, 0.4) is 0 Å². The third-order valence-corrected chi connectivity index (χ3v) is 7.65. The standard InChI is InChI=1S/C22H24FN3O6S2/c1-14-12-16(25-32-14)13-33-22(2,3)20(21(27)24-28)26-34(29,30)19-10-8-18(9-11-19)31-17-6-4-15(23)5-7-17/h4-12,20,26,28H,13H2,1-3H3,(H,24,27). The molecule has 34 heavy (non-hydrogen) atoms. The van der Waals surface area contributed by atoms with E-state index in [0.29, 0.717) is 28.7 Å². The van der Waals surface area contributed by atoms with Gasteiger partial charge in [0.05, 0.1) is 10.6 Å². The molecule has 0 fully saturated rings. The number of sulfonamides is 1. The Morgan fingerprint density at radius 1 is 1.18 bits per heavy atom. The van der Waals surface area contributed by atoms with Gasteiger partial charge >= 0.3 is 0 Å². The highest BCUT2D eigenvalue weighted by Crippen LogP contribution is 2.32. The molecule has 3 aromatic rings. The highest BCUT2D eigenvalue weighted by Gasteiger charge is 2.39. The normalized spacial score (nSPS) is 12.9. The number of aromatic nitrogens is 1. The fourth-order valence-electron chi connectivity index (χ4n) is 2.95. The van der Waals surface area contributed by atoms with Crippen LogP contribution in [0, 0.1) is 12.7 Å². The number of rotatable bonds is 10. The van der Waals surface area contributed by atoms with Gasteiger partial charge in [0.25, 0.3) is 5.91 Å². The number of halogens is 1. The van der Waals surface area contributed by atoms with Crippen LogP contribution in [0.2, 0.25) is 0 Å². The van der Waals surface area contributed by atoms with E-state index in [2.05, 4.69) is 9.88 Å². The van der Waals surface area contributed by atoms with E-state index in [1.807, 2.05) is 0 Å². The molecule has 1 unspecified atom stereocenters. The van der Waals surface area contributed by atoms with Crippen LogP contribution < -0.4 is 14.9 Å². The second-order valence-electron chi connectivity index (χ2n) is 7.88. The van der Waals surface area contributed by atoms with E-state index < -0.39 is 32.5 Å². The number of ether oxygens (including phenoxy) is 1. The largest absolute Gasteiger partial charge is 0.457 e. The van der Waals surface area contributed by atoms with Gasteiger partial charge in [0.15, 0.2) is 0 Å². The molecule has 0 saturated carbocycles. The highest BCUT2D eigenvalue weighted by atomic mass is 32.2. The van der Waals surface area contributed by atoms with Crippen molar-refractivity contribution in [2.24, 2.45) is 0 Å². The maximum absolute atomic E-state index is 13.0. The predicted octanol–water partition coefficient (Wildman–Crippen LogP) is 3.78. The van der Waals surface area contributed by atoms with Crippen LogP contribution in [0.25, 0.3) is 0 Å². The summed E-state index contributed by atoms with van der Waals surface area (Å²) in [6.45, 7) is 5.09. The quantitative estimate of drug-likeness (QED) is 0.278. The van der Waals surface area contributed by atoms with Crippen molar-refractivity contribution in [2.75, 3.05) is 0 Å². The first-order valence-electron chi connectivity index (χ1n) is 10.1. The van der Waals surface area contributed by atoms with E-state index in [9.17, 15) is 22.8 Å². The Hall–Kier alpha value is -2.93. The molecule has 1 heterocycles. The van der Waals surface area contributed by atoms with Gasteiger partial charge in [-0.15, -0.1) is 11.8 Å². The molecule has 3 N–H and O–H groups in total. The zero-order valence-electron chi connectivity index (χ0n) is 18.6. The first kappa shape index (κ1) is 25.7. The number of nitrogens with zero attached hydrogens (tertiary/aromatic N) is 1. The van der Waals surface area contributed by atoms with Crippen molar-refractivity contribution in [3.8, 4) is 11.5 Å². The minimum Gasteiger partial charge on any atom is -0.457 e. The van der Waals surface area contributed by atoms with Gasteiger partial charge < -0.3 is 9.26 Å². The SMILES string of the molecule is Cc1cc(CSC(C)(C)C(NS(=O)(=O)c2ccc(Oc3ccc(F)cc3)cc2)C(=O)NO)no1. The molecule has 1 atom stereocenters. The van der Waals surface area contributed by atoms with Gasteiger partial charge in [0.1, 0.15) is 29.1 Å². The Balaban J connectivity index is 1.74. The second-order valence-corrected chi connectivity index (χ2v) is 11.2. The average molecular weight is 510 g/mol. The van der Waals surface area contributed by atoms with Crippen LogP contribution >= 0.6 is 11.8 Å². The highest BCUT2D eigenvalue weighted by molar-refractivity contribution is 8.00. The molecule has 2 aromatic carbocycles. The summed E-state index contributed by atoms with van der Waals surface area (Å²) >= 11 is 1.27. The predicted molar refractivity (Wildman–Crippen MR) is 124 cm³/mol. The summed E-state index contributed by atoms with van der Waals surface area (Å²) in [5.74, 6) is 0.402. The Morgan fingerprint density at radius 2 is 1.76 bits per heavy atom. The number of hydroxylamine groups is 1. The summed E-state index contributed by atoms with van der Waals surface area (Å²) in [6.07, 6.45) is 0. The summed E-state index contributed by atoms with van der Waals surface area (Å²) < 4.78 is 51.0. The van der Waals surface area contributed by atoms with Gasteiger partial charge in [-0.05, 0) is 69.3 Å². The summed E-state index contributed by atoms with van der Waals surface area (Å²) in [5.41, 5.74) is 2.17. The molecular formula is C22H24FN3O6S2. The summed E-state index contributed by atoms with van der Waals surface area (Å²) in [4.78, 5) is 12.3. The summed E-state index contributed by atoms with van der Waals surface area (Å²) in [7, 11) is -4.15. The van der Waals surface area contributed by atoms with E-state index in [4.69, 9.17) is 9.26 Å². The van der Waals surface area contributed by atoms with Crippen molar-refractivity contribution in [3.05, 3.63) is 71.9 Å². The molecule has 0 aliphatic rings. The number of benzene rings is 2. The maximum atomic E-state index is 13.0. The van der Waals surface area contributed by atoms with Crippen LogP contribution in [0.5, 0.6) is 11.5 Å². The van der Waals surface area contributed by atoms with Crippen molar-refractivity contribution in [1.29, 1.82) is 0 Å². The Bertz CT molecular complexity index is 1230. The zero-order chi connectivity index (χ0) is 24.9. The summed E-state index contributed by atoms with van der Waals surface area (Å²) in [5, 5.41) is 13.1. The number of nitrogens with one attached hydrogen (secondary N) is 2. The Kier molecular flexibility index (Phi) is 7.97. The molecule has 12 heteroatoms. The second kappa shape index (κ2) is 10.6. The van der Waals surface area contributed by atoms with Gasteiger partial charge in [0.2, 0.25) is 10.0 Å². The number of aryl methyl sites for hydroxylation is 1. The first-order chi connectivity index (χ1) is 16.0. The van der Waals surface area contributed by atoms with E-state index in [0.717, 1.165) is 0 Å². The number of thioether (sulfide) groups is 1. The number of carbonyl (C=O) groups is 1. The van der Waals surface area contributed by atoms with E-state index in [1.54, 1.807) is 26.8 Å². The molecule has 0 saturated heterocycles. The van der Waals surface area contributed by atoms with Gasteiger partial charge in [-0.1, -0.05) is 5.16 Å². The van der Waals surface area contributed by atoms with Gasteiger partial charge in [0, 0.05) is 16.6 Å². The molecule has 1 aromatic heterocycles. The van der Waals surface area contributed by atoms with Gasteiger partial charge in [-0.3, -0.25) is 10.0 Å². The number of amides is 1. The molecule has 3 rings (SSSR count). The monoisotopic (exact) mass is 509 g/mol. The molecule has 182 valence electrons. The molecule has 0 radical (unpaired) electrons. The van der Waals surface area contributed by atoms with E-state index in [1.165, 1.54) is 65.8 Å². The van der Waals surface area contributed by atoms with Crippen molar-refractivity contribution in [2.45, 2.75) is 42.2 Å². The summed E-state index contributed by atoms with van der Waals surface area (Å²) in [6, 6.07) is 11.3. The fraction of sp³-hybridized carbons (Fsp3) is 0.273. The molecule has 0 spiro atoms. The number of hydrogen-bond acceptors (Lipinski definition) is 8. The Labute approximate surface area is 200 Å². The van der Waals surface area contributed by atoms with Crippen LogP contribution in [-0.2, 0) is 20.6 Å². The molecule has 9 nitrogen and oxygen atoms in total.